The van der Waals surface area contributed by atoms with Crippen LogP contribution in [0, 0.1) is 6.92 Å². The highest BCUT2D eigenvalue weighted by molar-refractivity contribution is 5.76. The molecule has 0 spiro atoms. The molecule has 0 aromatic heterocycles. The Morgan fingerprint density at radius 1 is 1.00 bits per heavy atom. The molecule has 1 aliphatic rings. The van der Waals surface area contributed by atoms with Gasteiger partial charge in [0.1, 0.15) is 12.3 Å². The van der Waals surface area contributed by atoms with Crippen molar-refractivity contribution in [1.29, 1.82) is 0 Å². The van der Waals surface area contributed by atoms with Gasteiger partial charge in [0.05, 0.1) is 26.1 Å². The van der Waals surface area contributed by atoms with Crippen LogP contribution in [0.15, 0.2) is 48.5 Å². The van der Waals surface area contributed by atoms with E-state index >= 15 is 0 Å². The molecule has 1 saturated heterocycles. The van der Waals surface area contributed by atoms with Crippen LogP contribution in [0.4, 0.5) is 0 Å². The fourth-order valence-electron chi connectivity index (χ4n) is 3.55. The van der Waals surface area contributed by atoms with Gasteiger partial charge in [-0.2, -0.15) is 0 Å². The second-order valence-electron chi connectivity index (χ2n) is 7.44. The van der Waals surface area contributed by atoms with Crippen molar-refractivity contribution >= 4 is 5.91 Å². The Kier molecular flexibility index (Phi) is 7.28. The van der Waals surface area contributed by atoms with Gasteiger partial charge in [-0.25, -0.2) is 0 Å². The number of carbonyl (C=O) groups is 1. The molecule has 1 fully saturated rings. The summed E-state index contributed by atoms with van der Waals surface area (Å²) >= 11 is 0. The second-order valence-corrected chi connectivity index (χ2v) is 7.44. The molecule has 0 aliphatic carbocycles. The average Bonchev–Trinajstić information content (AvgIpc) is 2.70. The van der Waals surface area contributed by atoms with Crippen molar-refractivity contribution in [1.82, 2.24) is 5.32 Å². The van der Waals surface area contributed by atoms with Gasteiger partial charge in [0.15, 0.2) is 0 Å². The highest BCUT2D eigenvalue weighted by Crippen LogP contribution is 2.16. The summed E-state index contributed by atoms with van der Waals surface area (Å²) in [6, 6.07) is 16.5. The smallest absolute Gasteiger partial charge is 0.223 e. The predicted molar refractivity (Wildman–Crippen MR) is 108 cm³/mol. The van der Waals surface area contributed by atoms with Gasteiger partial charge in [-0.1, -0.05) is 42.5 Å². The normalized spacial score (nSPS) is 14.7. The van der Waals surface area contributed by atoms with Crippen LogP contribution >= 0.6 is 0 Å². The maximum absolute atomic E-state index is 12.0. The Hall–Kier alpha value is -2.33. The Morgan fingerprint density at radius 2 is 1.70 bits per heavy atom. The molecule has 0 unspecified atom stereocenters. The van der Waals surface area contributed by atoms with E-state index in [1.165, 1.54) is 37.9 Å². The van der Waals surface area contributed by atoms with Crippen molar-refractivity contribution in [3.05, 3.63) is 65.2 Å². The SMILES string of the molecule is Cc1ccccc1OCCC(=O)NCc1ccc(C[NH+]2CCCCC2)cc1. The summed E-state index contributed by atoms with van der Waals surface area (Å²) in [5.41, 5.74) is 3.61. The first kappa shape index (κ1) is 19.4. The Labute approximate surface area is 162 Å². The van der Waals surface area contributed by atoms with Crippen molar-refractivity contribution in [3.8, 4) is 5.75 Å². The summed E-state index contributed by atoms with van der Waals surface area (Å²) in [7, 11) is 0. The van der Waals surface area contributed by atoms with E-state index in [2.05, 4.69) is 29.6 Å². The molecule has 2 N–H and O–H groups in total. The average molecular weight is 368 g/mol. The Balaban J connectivity index is 1.36. The van der Waals surface area contributed by atoms with Gasteiger partial charge in [0.25, 0.3) is 0 Å². The number of ether oxygens (including phenoxy) is 1. The van der Waals surface area contributed by atoms with E-state index in [9.17, 15) is 4.79 Å². The lowest BCUT2D eigenvalue weighted by atomic mass is 10.1. The third-order valence-electron chi connectivity index (χ3n) is 5.21. The number of hydrogen-bond acceptors (Lipinski definition) is 2. The molecular weight excluding hydrogens is 336 g/mol. The van der Waals surface area contributed by atoms with Gasteiger partial charge in [0.2, 0.25) is 5.91 Å². The summed E-state index contributed by atoms with van der Waals surface area (Å²) in [5.74, 6) is 0.863. The maximum atomic E-state index is 12.0. The summed E-state index contributed by atoms with van der Waals surface area (Å²) < 4.78 is 5.68. The number of nitrogens with one attached hydrogen (secondary N) is 2. The molecule has 4 heteroatoms. The molecule has 3 rings (SSSR count). The van der Waals surface area contributed by atoms with E-state index in [0.29, 0.717) is 19.6 Å². The molecule has 1 aliphatic heterocycles. The number of amides is 1. The van der Waals surface area contributed by atoms with Crippen molar-refractivity contribution in [2.75, 3.05) is 19.7 Å². The van der Waals surface area contributed by atoms with Crippen LogP contribution in [0.5, 0.6) is 5.75 Å². The number of carbonyl (C=O) groups excluding carboxylic acids is 1. The Morgan fingerprint density at radius 3 is 2.44 bits per heavy atom. The predicted octanol–water partition coefficient (Wildman–Crippen LogP) is 2.65. The molecule has 0 atom stereocenters. The number of quaternary nitrogens is 1. The summed E-state index contributed by atoms with van der Waals surface area (Å²) in [6.45, 7) is 6.67. The molecule has 1 amide bonds. The lowest BCUT2D eigenvalue weighted by Crippen LogP contribution is -3.11. The molecule has 2 aromatic carbocycles. The van der Waals surface area contributed by atoms with Crippen LogP contribution in [-0.4, -0.2) is 25.6 Å². The number of rotatable bonds is 8. The molecule has 1 heterocycles. The lowest BCUT2D eigenvalue weighted by molar-refractivity contribution is -0.918. The van der Waals surface area contributed by atoms with Gasteiger partial charge in [0, 0.05) is 12.1 Å². The molecule has 0 saturated carbocycles. The van der Waals surface area contributed by atoms with Crippen molar-refractivity contribution in [2.24, 2.45) is 0 Å². The van der Waals surface area contributed by atoms with E-state index in [4.69, 9.17) is 4.74 Å². The zero-order chi connectivity index (χ0) is 18.9. The molecular formula is C23H31N2O2+. The fourth-order valence-corrected chi connectivity index (χ4v) is 3.55. The highest BCUT2D eigenvalue weighted by Gasteiger charge is 2.13. The van der Waals surface area contributed by atoms with Crippen molar-refractivity contribution < 1.29 is 14.4 Å². The standard InChI is InChI=1S/C23H30N2O2/c1-19-7-3-4-8-22(19)27-16-13-23(26)24-17-20-9-11-21(12-10-20)18-25-14-5-2-6-15-25/h3-4,7-12H,2,5-6,13-18H2,1H3,(H,24,26)/p+1. The minimum Gasteiger partial charge on any atom is -0.493 e. The molecule has 144 valence electrons. The second kappa shape index (κ2) is 10.1. The van der Waals surface area contributed by atoms with Gasteiger partial charge in [-0.3, -0.25) is 4.79 Å². The van der Waals surface area contributed by atoms with E-state index in [-0.39, 0.29) is 5.91 Å². The highest BCUT2D eigenvalue weighted by atomic mass is 16.5. The van der Waals surface area contributed by atoms with Gasteiger partial charge < -0.3 is 15.0 Å². The number of para-hydroxylation sites is 1. The summed E-state index contributed by atoms with van der Waals surface area (Å²) in [5, 5.41) is 2.98. The number of benzene rings is 2. The van der Waals surface area contributed by atoms with Crippen LogP contribution in [0.25, 0.3) is 0 Å². The van der Waals surface area contributed by atoms with Crippen LogP contribution in [-0.2, 0) is 17.9 Å². The van der Waals surface area contributed by atoms with E-state index < -0.39 is 0 Å². The van der Waals surface area contributed by atoms with E-state index in [1.807, 2.05) is 31.2 Å². The Bertz CT molecular complexity index is 721. The fraction of sp³-hybridized carbons (Fsp3) is 0.435. The van der Waals surface area contributed by atoms with E-state index in [0.717, 1.165) is 23.4 Å². The number of piperidine rings is 1. The van der Waals surface area contributed by atoms with Crippen molar-refractivity contribution in [2.45, 2.75) is 45.7 Å². The summed E-state index contributed by atoms with van der Waals surface area (Å²) in [6.07, 6.45) is 4.46. The molecule has 0 bridgehead atoms. The minimum atomic E-state index is 0.0189. The van der Waals surface area contributed by atoms with Crippen LogP contribution in [0.3, 0.4) is 0 Å². The number of hydrogen-bond donors (Lipinski definition) is 2. The zero-order valence-corrected chi connectivity index (χ0v) is 16.3. The van der Waals surface area contributed by atoms with Crippen molar-refractivity contribution in [3.63, 3.8) is 0 Å². The topological polar surface area (TPSA) is 42.8 Å². The first-order valence-corrected chi connectivity index (χ1v) is 10.1. The molecule has 27 heavy (non-hydrogen) atoms. The van der Waals surface area contributed by atoms with E-state index in [1.54, 1.807) is 4.90 Å². The van der Waals surface area contributed by atoms with Gasteiger partial charge in [-0.15, -0.1) is 0 Å². The monoisotopic (exact) mass is 367 g/mol. The molecule has 2 aromatic rings. The van der Waals surface area contributed by atoms with Gasteiger partial charge >= 0.3 is 0 Å². The number of likely N-dealkylation sites (tertiary alicyclic amines) is 1. The quantitative estimate of drug-likeness (QED) is 0.753. The third-order valence-corrected chi connectivity index (χ3v) is 5.21. The first-order valence-electron chi connectivity index (χ1n) is 10.1. The minimum absolute atomic E-state index is 0.0189. The molecule has 4 nitrogen and oxygen atoms in total. The van der Waals surface area contributed by atoms with Crippen LogP contribution < -0.4 is 15.0 Å². The third kappa shape index (κ3) is 6.40. The van der Waals surface area contributed by atoms with Crippen LogP contribution in [0.1, 0.15) is 42.4 Å². The number of aryl methyl sites for hydroxylation is 1. The first-order chi connectivity index (χ1) is 13.2. The summed E-state index contributed by atoms with van der Waals surface area (Å²) in [4.78, 5) is 13.7. The van der Waals surface area contributed by atoms with Crippen LogP contribution in [0.2, 0.25) is 0 Å². The largest absolute Gasteiger partial charge is 0.493 e. The maximum Gasteiger partial charge on any atom is 0.223 e. The zero-order valence-electron chi connectivity index (χ0n) is 16.3. The molecule has 0 radical (unpaired) electrons. The lowest BCUT2D eigenvalue weighted by Gasteiger charge is -2.23. The van der Waals surface area contributed by atoms with Gasteiger partial charge in [-0.05, 0) is 43.4 Å².